The van der Waals surface area contributed by atoms with Crippen LogP contribution < -0.4 is 19.7 Å². The molecule has 0 fully saturated rings. The Hall–Kier alpha value is -3.61. The lowest BCUT2D eigenvalue weighted by atomic mass is 10.2. The third-order valence-electron chi connectivity index (χ3n) is 4.59. The first-order chi connectivity index (χ1) is 14.2. The molecule has 0 unspecified atom stereocenters. The Kier molecular flexibility index (Phi) is 5.56. The molecule has 0 bridgehead atoms. The van der Waals surface area contributed by atoms with Crippen molar-refractivity contribution < 1.29 is 14.3 Å². The van der Waals surface area contributed by atoms with Gasteiger partial charge in [-0.15, -0.1) is 0 Å². The predicted molar refractivity (Wildman–Crippen MR) is 111 cm³/mol. The van der Waals surface area contributed by atoms with Crippen LogP contribution in [0.4, 0.5) is 11.5 Å². The number of nitrogens with one attached hydrogen (secondary N) is 1. The van der Waals surface area contributed by atoms with Crippen molar-refractivity contribution in [1.29, 1.82) is 0 Å². The molecule has 29 heavy (non-hydrogen) atoms. The minimum Gasteiger partial charge on any atom is -0.486 e. The zero-order valence-electron chi connectivity index (χ0n) is 16.2. The van der Waals surface area contributed by atoms with Crippen LogP contribution >= 0.6 is 0 Å². The van der Waals surface area contributed by atoms with Gasteiger partial charge in [-0.25, -0.2) is 9.97 Å². The third kappa shape index (κ3) is 4.45. The van der Waals surface area contributed by atoms with Gasteiger partial charge in [0.05, 0.1) is 12.4 Å². The number of anilines is 2. The number of carbonyl (C=O) groups is 1. The van der Waals surface area contributed by atoms with Gasteiger partial charge in [0.2, 0.25) is 0 Å². The number of aromatic nitrogens is 2. The van der Waals surface area contributed by atoms with E-state index in [2.05, 4.69) is 39.2 Å². The van der Waals surface area contributed by atoms with Gasteiger partial charge in [0, 0.05) is 24.8 Å². The van der Waals surface area contributed by atoms with Crippen LogP contribution in [0.25, 0.3) is 0 Å². The van der Waals surface area contributed by atoms with Gasteiger partial charge in [0.15, 0.2) is 11.5 Å². The van der Waals surface area contributed by atoms with Crippen LogP contribution in [0.3, 0.4) is 0 Å². The van der Waals surface area contributed by atoms with Crippen molar-refractivity contribution in [3.05, 3.63) is 72.2 Å². The first kappa shape index (κ1) is 18.7. The Bertz CT molecular complexity index is 977. The van der Waals surface area contributed by atoms with Crippen molar-refractivity contribution in [2.24, 2.45) is 0 Å². The van der Waals surface area contributed by atoms with Gasteiger partial charge in [0.1, 0.15) is 24.7 Å². The van der Waals surface area contributed by atoms with E-state index < -0.39 is 0 Å². The number of hydrogen-bond acceptors (Lipinski definition) is 6. The molecular weight excluding hydrogens is 368 g/mol. The van der Waals surface area contributed by atoms with E-state index in [4.69, 9.17) is 9.47 Å². The smallest absolute Gasteiger partial charge is 0.275 e. The first-order valence-corrected chi connectivity index (χ1v) is 9.55. The number of amides is 1. The summed E-state index contributed by atoms with van der Waals surface area (Å²) in [4.78, 5) is 23.4. The highest BCUT2D eigenvalue weighted by Gasteiger charge is 2.15. The van der Waals surface area contributed by atoms with Crippen molar-refractivity contribution >= 4 is 17.4 Å². The van der Waals surface area contributed by atoms with Crippen LogP contribution in [-0.4, -0.2) is 35.6 Å². The first-order valence-electron chi connectivity index (χ1n) is 9.55. The van der Waals surface area contributed by atoms with Crippen molar-refractivity contribution in [2.75, 3.05) is 30.0 Å². The number of rotatable bonds is 6. The maximum absolute atomic E-state index is 12.5. The number of fused-ring (bicyclic) bond motifs is 1. The standard InChI is InChI=1S/C22H22N4O3/c1-2-26(15-16-6-4-3-5-7-16)21-14-23-18(13-24-21)22(27)25-17-8-9-19-20(12-17)29-11-10-28-19/h3-9,12-14H,2,10-11,15H2,1H3,(H,25,27). The highest BCUT2D eigenvalue weighted by Crippen LogP contribution is 2.32. The van der Waals surface area contributed by atoms with Gasteiger partial charge in [-0.05, 0) is 24.6 Å². The molecule has 1 aliphatic heterocycles. The van der Waals surface area contributed by atoms with E-state index in [-0.39, 0.29) is 11.6 Å². The molecule has 7 nitrogen and oxygen atoms in total. The molecule has 4 rings (SSSR count). The average Bonchev–Trinajstić information content (AvgIpc) is 2.78. The second kappa shape index (κ2) is 8.60. The van der Waals surface area contributed by atoms with Crippen LogP contribution in [0.5, 0.6) is 11.5 Å². The molecule has 148 valence electrons. The summed E-state index contributed by atoms with van der Waals surface area (Å²) < 4.78 is 11.0. The highest BCUT2D eigenvalue weighted by molar-refractivity contribution is 6.02. The molecule has 1 aliphatic rings. The van der Waals surface area contributed by atoms with E-state index in [1.165, 1.54) is 11.8 Å². The largest absolute Gasteiger partial charge is 0.486 e. The molecule has 0 radical (unpaired) electrons. The fraction of sp³-hybridized carbons (Fsp3) is 0.227. The second-order valence-electron chi connectivity index (χ2n) is 6.57. The summed E-state index contributed by atoms with van der Waals surface area (Å²) >= 11 is 0. The summed E-state index contributed by atoms with van der Waals surface area (Å²) in [5.41, 5.74) is 2.06. The maximum atomic E-state index is 12.5. The van der Waals surface area contributed by atoms with Crippen molar-refractivity contribution in [2.45, 2.75) is 13.5 Å². The lowest BCUT2D eigenvalue weighted by Gasteiger charge is -2.21. The molecule has 3 aromatic rings. The second-order valence-corrected chi connectivity index (χ2v) is 6.57. The number of benzene rings is 2. The molecule has 7 heteroatoms. The minimum atomic E-state index is -0.327. The Labute approximate surface area is 169 Å². The SMILES string of the molecule is CCN(Cc1ccccc1)c1cnc(C(=O)Nc2ccc3c(c2)OCCO3)cn1. The van der Waals surface area contributed by atoms with Crippen molar-refractivity contribution in [3.63, 3.8) is 0 Å². The third-order valence-corrected chi connectivity index (χ3v) is 4.59. The minimum absolute atomic E-state index is 0.249. The zero-order valence-corrected chi connectivity index (χ0v) is 16.2. The summed E-state index contributed by atoms with van der Waals surface area (Å²) in [5, 5.41) is 2.82. The summed E-state index contributed by atoms with van der Waals surface area (Å²) in [6.07, 6.45) is 3.13. The van der Waals surface area contributed by atoms with Crippen LogP contribution in [0.2, 0.25) is 0 Å². The van der Waals surface area contributed by atoms with Gasteiger partial charge in [-0.3, -0.25) is 4.79 Å². The summed E-state index contributed by atoms with van der Waals surface area (Å²) in [7, 11) is 0. The van der Waals surface area contributed by atoms with Crippen LogP contribution in [-0.2, 0) is 6.54 Å². The summed E-state index contributed by atoms with van der Waals surface area (Å²) in [6, 6.07) is 15.5. The van der Waals surface area contributed by atoms with E-state index in [1.54, 1.807) is 24.4 Å². The van der Waals surface area contributed by atoms with E-state index in [1.807, 2.05) is 18.2 Å². The number of nitrogens with zero attached hydrogens (tertiary/aromatic N) is 3. The summed E-state index contributed by atoms with van der Waals surface area (Å²) in [5.74, 6) is 1.70. The molecule has 0 saturated heterocycles. The monoisotopic (exact) mass is 390 g/mol. The average molecular weight is 390 g/mol. The Morgan fingerprint density at radius 2 is 1.83 bits per heavy atom. The van der Waals surface area contributed by atoms with Crippen LogP contribution in [0.15, 0.2) is 60.9 Å². The normalized spacial score (nSPS) is 12.3. The zero-order chi connectivity index (χ0) is 20.1. The Balaban J connectivity index is 1.43. The number of hydrogen-bond donors (Lipinski definition) is 1. The van der Waals surface area contributed by atoms with Gasteiger partial charge < -0.3 is 19.7 Å². The molecule has 0 aliphatic carbocycles. The molecular formula is C22H22N4O3. The van der Waals surface area contributed by atoms with Crippen LogP contribution in [0.1, 0.15) is 23.0 Å². The number of ether oxygens (including phenoxy) is 2. The summed E-state index contributed by atoms with van der Waals surface area (Å²) in [6.45, 7) is 4.60. The molecule has 1 aromatic heterocycles. The topological polar surface area (TPSA) is 76.6 Å². The highest BCUT2D eigenvalue weighted by atomic mass is 16.6. The van der Waals surface area contributed by atoms with E-state index in [0.717, 1.165) is 18.9 Å². The molecule has 2 aromatic carbocycles. The van der Waals surface area contributed by atoms with Crippen molar-refractivity contribution in [1.82, 2.24) is 9.97 Å². The molecule has 0 atom stereocenters. The van der Waals surface area contributed by atoms with E-state index in [9.17, 15) is 4.79 Å². The van der Waals surface area contributed by atoms with Crippen LogP contribution in [0, 0.1) is 0 Å². The molecule has 1 N–H and O–H groups in total. The predicted octanol–water partition coefficient (Wildman–Crippen LogP) is 3.53. The van der Waals surface area contributed by atoms with Gasteiger partial charge >= 0.3 is 0 Å². The fourth-order valence-corrected chi connectivity index (χ4v) is 3.08. The van der Waals surface area contributed by atoms with Gasteiger partial charge in [-0.1, -0.05) is 30.3 Å². The maximum Gasteiger partial charge on any atom is 0.275 e. The quantitative estimate of drug-likeness (QED) is 0.694. The van der Waals surface area contributed by atoms with Gasteiger partial charge in [0.25, 0.3) is 5.91 Å². The number of carbonyl (C=O) groups excluding carboxylic acids is 1. The van der Waals surface area contributed by atoms with Gasteiger partial charge in [-0.2, -0.15) is 0 Å². The van der Waals surface area contributed by atoms with E-state index in [0.29, 0.717) is 30.4 Å². The fourth-order valence-electron chi connectivity index (χ4n) is 3.08. The molecule has 0 spiro atoms. The van der Waals surface area contributed by atoms with E-state index >= 15 is 0 Å². The van der Waals surface area contributed by atoms with Crippen molar-refractivity contribution in [3.8, 4) is 11.5 Å². The molecule has 0 saturated carbocycles. The lowest BCUT2D eigenvalue weighted by molar-refractivity contribution is 0.102. The Morgan fingerprint density at radius 1 is 1.03 bits per heavy atom. The molecule has 2 heterocycles. The Morgan fingerprint density at radius 3 is 2.55 bits per heavy atom. The molecule has 1 amide bonds. The lowest BCUT2D eigenvalue weighted by Crippen LogP contribution is -2.24.